The Morgan fingerprint density at radius 1 is 0.587 bits per heavy atom. The van der Waals surface area contributed by atoms with Gasteiger partial charge in [-0.1, -0.05) is 60.7 Å². The molecule has 6 rings (SSSR count). The summed E-state index contributed by atoms with van der Waals surface area (Å²) in [6, 6.07) is 19.5. The largest absolute Gasteiger partial charge is 0.462 e. The summed E-state index contributed by atoms with van der Waals surface area (Å²) in [4.78, 5) is 57.1. The quantitative estimate of drug-likeness (QED) is 0.217. The van der Waals surface area contributed by atoms with Crippen molar-refractivity contribution < 1.29 is 38.1 Å². The van der Waals surface area contributed by atoms with Gasteiger partial charge in [0.25, 0.3) is 0 Å². The minimum absolute atomic E-state index is 0.201. The predicted octanol–water partition coefficient (Wildman–Crippen LogP) is 3.98. The minimum atomic E-state index is -1.24. The number of hydrogen-bond donors (Lipinski definition) is 0. The van der Waals surface area contributed by atoms with Crippen LogP contribution in [0.15, 0.2) is 60.7 Å². The van der Waals surface area contributed by atoms with Gasteiger partial charge in [-0.15, -0.1) is 0 Å². The van der Waals surface area contributed by atoms with Crippen molar-refractivity contribution in [3.05, 3.63) is 71.8 Å². The van der Waals surface area contributed by atoms with Crippen LogP contribution in [0.3, 0.4) is 0 Å². The topological polar surface area (TPSA) is 112 Å². The van der Waals surface area contributed by atoms with Crippen molar-refractivity contribution in [3.8, 4) is 0 Å². The van der Waals surface area contributed by atoms with Gasteiger partial charge in [0.05, 0.1) is 0 Å². The molecule has 2 aromatic carbocycles. The van der Waals surface area contributed by atoms with Crippen molar-refractivity contribution in [3.63, 3.8) is 0 Å². The molecule has 4 bridgehead atoms. The summed E-state index contributed by atoms with van der Waals surface area (Å²) < 4.78 is 22.5. The van der Waals surface area contributed by atoms with E-state index in [0.29, 0.717) is 35.3 Å². The van der Waals surface area contributed by atoms with Gasteiger partial charge in [0, 0.05) is 24.2 Å². The summed E-state index contributed by atoms with van der Waals surface area (Å²) >= 11 is 0. The van der Waals surface area contributed by atoms with Gasteiger partial charge in [-0.25, -0.2) is 9.59 Å². The number of esters is 4. The molecule has 246 valence electrons. The zero-order chi connectivity index (χ0) is 32.2. The van der Waals surface area contributed by atoms with Crippen LogP contribution in [0.4, 0.5) is 0 Å². The van der Waals surface area contributed by atoms with Gasteiger partial charge in [0.1, 0.15) is 37.3 Å². The molecule has 2 unspecified atom stereocenters. The Balaban J connectivity index is 1.05. The van der Waals surface area contributed by atoms with E-state index in [-0.39, 0.29) is 25.4 Å². The third-order valence-electron chi connectivity index (χ3n) is 10.6. The Labute approximate surface area is 270 Å². The fourth-order valence-electron chi connectivity index (χ4n) is 7.82. The molecule has 4 aliphatic heterocycles. The average molecular weight is 633 g/mol. The number of benzene rings is 2. The maximum absolute atomic E-state index is 13.4. The van der Waals surface area contributed by atoms with E-state index in [1.54, 1.807) is 48.5 Å². The second-order valence-electron chi connectivity index (χ2n) is 13.3. The van der Waals surface area contributed by atoms with E-state index in [0.717, 1.165) is 51.4 Å². The first kappa shape index (κ1) is 32.2. The SMILES string of the molecule is CN1[C@@H]2CC[C@H]1C[C@@H](OC(=O)C(COC(=O)C(=O)OCC(C(=O)O[C@H]1C[C@H]3CC[C@@H](C1)N3C)c1ccccc1)c1ccccc1)C2. The zero-order valence-corrected chi connectivity index (χ0v) is 26.6. The summed E-state index contributed by atoms with van der Waals surface area (Å²) in [5.41, 5.74) is 1.25. The molecule has 0 N–H and O–H groups in total. The van der Waals surface area contributed by atoms with Crippen LogP contribution in [0.25, 0.3) is 0 Å². The van der Waals surface area contributed by atoms with Gasteiger partial charge < -0.3 is 28.7 Å². The molecule has 8 atom stereocenters. The van der Waals surface area contributed by atoms with Crippen LogP contribution in [0.5, 0.6) is 0 Å². The molecule has 4 fully saturated rings. The number of piperidine rings is 2. The van der Waals surface area contributed by atoms with Crippen molar-refractivity contribution in [1.29, 1.82) is 0 Å². The van der Waals surface area contributed by atoms with Gasteiger partial charge in [0.2, 0.25) is 0 Å². The van der Waals surface area contributed by atoms with E-state index >= 15 is 0 Å². The van der Waals surface area contributed by atoms with Gasteiger partial charge in [-0.2, -0.15) is 0 Å². The summed E-state index contributed by atoms with van der Waals surface area (Å²) in [6.45, 7) is -0.752. The Hall–Kier alpha value is -3.76. The van der Waals surface area contributed by atoms with Crippen LogP contribution < -0.4 is 0 Å². The number of rotatable bonds is 10. The van der Waals surface area contributed by atoms with Gasteiger partial charge in [0.15, 0.2) is 0 Å². The molecule has 10 heteroatoms. The lowest BCUT2D eigenvalue weighted by molar-refractivity contribution is -0.172. The van der Waals surface area contributed by atoms with Crippen LogP contribution in [-0.4, -0.2) is 97.4 Å². The maximum Gasteiger partial charge on any atom is 0.417 e. The lowest BCUT2D eigenvalue weighted by Gasteiger charge is -2.36. The molecule has 10 nitrogen and oxygen atoms in total. The number of carbonyl (C=O) groups is 4. The highest BCUT2D eigenvalue weighted by Gasteiger charge is 2.42. The normalized spacial score (nSPS) is 28.6. The third kappa shape index (κ3) is 7.28. The van der Waals surface area contributed by atoms with Crippen LogP contribution >= 0.6 is 0 Å². The summed E-state index contributed by atoms with van der Waals surface area (Å²) in [7, 11) is 4.24. The second-order valence-corrected chi connectivity index (χ2v) is 13.3. The molecular weight excluding hydrogens is 588 g/mol. The molecule has 0 radical (unpaired) electrons. The third-order valence-corrected chi connectivity index (χ3v) is 10.6. The van der Waals surface area contributed by atoms with Gasteiger partial charge >= 0.3 is 23.9 Å². The molecular formula is C36H44N2O8. The molecule has 0 aliphatic carbocycles. The zero-order valence-electron chi connectivity index (χ0n) is 26.6. The summed E-state index contributed by atoms with van der Waals surface area (Å²) in [5.74, 6) is -5.25. The standard InChI is InChI=1S/C36H44N2O8/c1-37-25-13-14-26(37)18-29(17-25)45-33(39)31(23-9-5-3-6-10-23)21-43-35(41)36(42)44-22-32(24-11-7-4-8-12-24)34(40)46-30-19-27-15-16-28(20-30)38(27)2/h3-12,25-32H,13-22H2,1-2H3/t25-,26+,27-,28+,29+,30+,31?,32?. The first-order valence-corrected chi connectivity index (χ1v) is 16.6. The maximum atomic E-state index is 13.4. The highest BCUT2D eigenvalue weighted by Crippen LogP contribution is 2.37. The molecule has 2 aromatic rings. The van der Waals surface area contributed by atoms with E-state index in [9.17, 15) is 19.2 Å². The van der Waals surface area contributed by atoms with Crippen molar-refractivity contribution in [2.45, 2.75) is 99.6 Å². The monoisotopic (exact) mass is 632 g/mol. The Kier molecular flexibility index (Phi) is 10.0. The first-order valence-electron chi connectivity index (χ1n) is 16.6. The number of ether oxygens (including phenoxy) is 4. The first-order chi connectivity index (χ1) is 22.3. The number of fused-ring (bicyclic) bond motifs is 4. The predicted molar refractivity (Wildman–Crippen MR) is 168 cm³/mol. The number of nitrogens with zero attached hydrogens (tertiary/aromatic N) is 2. The Morgan fingerprint density at radius 3 is 1.24 bits per heavy atom. The Bertz CT molecular complexity index is 1250. The summed E-state index contributed by atoms with van der Waals surface area (Å²) in [6.07, 6.45) is 7.08. The Morgan fingerprint density at radius 2 is 0.913 bits per heavy atom. The van der Waals surface area contributed by atoms with E-state index < -0.39 is 35.7 Å². The molecule has 0 saturated carbocycles. The highest BCUT2D eigenvalue weighted by atomic mass is 16.6. The minimum Gasteiger partial charge on any atom is -0.462 e. The van der Waals surface area contributed by atoms with E-state index in [1.807, 2.05) is 12.1 Å². The molecule has 0 aromatic heterocycles. The smallest absolute Gasteiger partial charge is 0.417 e. The van der Waals surface area contributed by atoms with Gasteiger partial charge in [-0.05, 0) is 76.6 Å². The second kappa shape index (κ2) is 14.3. The van der Waals surface area contributed by atoms with Crippen LogP contribution in [0.2, 0.25) is 0 Å². The number of carbonyl (C=O) groups excluding carboxylic acids is 4. The molecule has 4 aliphatic rings. The van der Waals surface area contributed by atoms with Crippen molar-refractivity contribution in [1.82, 2.24) is 9.80 Å². The fourth-order valence-corrected chi connectivity index (χ4v) is 7.82. The van der Waals surface area contributed by atoms with E-state index in [4.69, 9.17) is 18.9 Å². The average Bonchev–Trinajstić information content (AvgIpc) is 3.37. The van der Waals surface area contributed by atoms with Crippen LogP contribution in [-0.2, 0) is 38.1 Å². The van der Waals surface area contributed by atoms with E-state index in [1.165, 1.54) is 0 Å². The molecule has 4 saturated heterocycles. The molecule has 4 heterocycles. The van der Waals surface area contributed by atoms with Crippen molar-refractivity contribution in [2.75, 3.05) is 27.3 Å². The van der Waals surface area contributed by atoms with Crippen LogP contribution in [0.1, 0.15) is 74.3 Å². The fraction of sp³-hybridized carbons (Fsp3) is 0.556. The van der Waals surface area contributed by atoms with Gasteiger partial charge in [-0.3, -0.25) is 9.59 Å². The van der Waals surface area contributed by atoms with Crippen molar-refractivity contribution >= 4 is 23.9 Å². The molecule has 0 amide bonds. The molecule has 46 heavy (non-hydrogen) atoms. The number of hydrogen-bond acceptors (Lipinski definition) is 10. The van der Waals surface area contributed by atoms with E-state index in [2.05, 4.69) is 23.9 Å². The summed E-state index contributed by atoms with van der Waals surface area (Å²) in [5, 5.41) is 0. The lowest BCUT2D eigenvalue weighted by Crippen LogP contribution is -2.44. The van der Waals surface area contributed by atoms with Crippen molar-refractivity contribution in [2.24, 2.45) is 0 Å². The van der Waals surface area contributed by atoms with Crippen LogP contribution in [0, 0.1) is 0 Å². The molecule has 0 spiro atoms. The highest BCUT2D eigenvalue weighted by molar-refractivity contribution is 6.29. The lowest BCUT2D eigenvalue weighted by atomic mass is 9.98.